The van der Waals surface area contributed by atoms with Gasteiger partial charge in [-0.3, -0.25) is 10.1 Å². The zero-order chi connectivity index (χ0) is 14.2. The number of hydrazine groups is 1. The Morgan fingerprint density at radius 3 is 2.71 bits per heavy atom. The molecule has 1 aromatic heterocycles. The molecule has 21 heavy (non-hydrogen) atoms. The number of amides is 1. The normalized spacial score (nSPS) is 28.7. The molecule has 2 aromatic rings. The molecule has 4 rings (SSSR count). The highest BCUT2D eigenvalue weighted by Crippen LogP contribution is 2.35. The minimum absolute atomic E-state index is 0.0264. The van der Waals surface area contributed by atoms with E-state index in [1.807, 2.05) is 30.3 Å². The molecule has 1 aromatic carbocycles. The Morgan fingerprint density at radius 2 is 1.95 bits per heavy atom. The molecular weight excluding hydrogens is 282 g/mol. The maximum atomic E-state index is 12.6. The summed E-state index contributed by atoms with van der Waals surface area (Å²) in [5.41, 5.74) is 4.24. The number of nitrogens with one attached hydrogen (secondary N) is 2. The first-order valence-electron chi connectivity index (χ1n) is 7.27. The first-order chi connectivity index (χ1) is 10.3. The van der Waals surface area contributed by atoms with Crippen LogP contribution in [0, 0.1) is 5.92 Å². The predicted octanol–water partition coefficient (Wildman–Crippen LogP) is 2.67. The van der Waals surface area contributed by atoms with Crippen LogP contribution in [0.1, 0.15) is 23.8 Å². The zero-order valence-electron chi connectivity index (χ0n) is 11.5. The van der Waals surface area contributed by atoms with E-state index < -0.39 is 0 Å². The van der Waals surface area contributed by atoms with Gasteiger partial charge in [-0.05, 0) is 36.4 Å². The van der Waals surface area contributed by atoms with Crippen LogP contribution < -0.4 is 15.8 Å². The Morgan fingerprint density at radius 1 is 1.10 bits per heavy atom. The van der Waals surface area contributed by atoms with E-state index in [2.05, 4.69) is 28.3 Å². The molecule has 0 saturated carbocycles. The van der Waals surface area contributed by atoms with Crippen LogP contribution in [-0.4, -0.2) is 12.1 Å². The average molecular weight is 299 g/mol. The van der Waals surface area contributed by atoms with Crippen molar-refractivity contribution in [3.63, 3.8) is 0 Å². The summed E-state index contributed by atoms with van der Waals surface area (Å²) >= 11 is 1.77. The number of hydrogen-bond acceptors (Lipinski definition) is 4. The third-order valence-corrected chi connectivity index (χ3v) is 5.24. The summed E-state index contributed by atoms with van der Waals surface area (Å²) in [6, 6.07) is 14.4. The van der Waals surface area contributed by atoms with Crippen LogP contribution in [0.3, 0.4) is 0 Å². The lowest BCUT2D eigenvalue weighted by Gasteiger charge is -2.30. The number of rotatable bonds is 2. The summed E-state index contributed by atoms with van der Waals surface area (Å²) in [7, 11) is 0. The van der Waals surface area contributed by atoms with Gasteiger partial charge in [0, 0.05) is 10.9 Å². The van der Waals surface area contributed by atoms with Crippen molar-refractivity contribution >= 4 is 22.9 Å². The van der Waals surface area contributed by atoms with Crippen molar-refractivity contribution in [2.24, 2.45) is 5.92 Å². The second kappa shape index (κ2) is 5.26. The highest BCUT2D eigenvalue weighted by molar-refractivity contribution is 7.10. The Bertz CT molecular complexity index is 628. The zero-order valence-corrected chi connectivity index (χ0v) is 12.3. The standard InChI is InChI=1S/C16H17N3OS/c20-16-12-8-9-13(14-7-4-10-21-14)17-15(12)18-19(16)11-5-2-1-3-6-11/h1-7,10,12-13,15,17-18H,8-9H2. The Balaban J connectivity index is 1.54. The number of piperidine rings is 1. The van der Waals surface area contributed by atoms with Crippen molar-refractivity contribution in [2.75, 3.05) is 5.01 Å². The van der Waals surface area contributed by atoms with Gasteiger partial charge >= 0.3 is 0 Å². The van der Waals surface area contributed by atoms with Gasteiger partial charge in [-0.15, -0.1) is 11.3 Å². The smallest absolute Gasteiger partial charge is 0.247 e. The molecule has 5 heteroatoms. The predicted molar refractivity (Wildman–Crippen MR) is 83.8 cm³/mol. The van der Waals surface area contributed by atoms with Crippen LogP contribution in [0.25, 0.3) is 0 Å². The fourth-order valence-electron chi connectivity index (χ4n) is 3.18. The SMILES string of the molecule is O=C1C2CCC(c3cccs3)NC2NN1c1ccccc1. The van der Waals surface area contributed by atoms with Crippen molar-refractivity contribution in [3.8, 4) is 0 Å². The van der Waals surface area contributed by atoms with Crippen LogP contribution >= 0.6 is 11.3 Å². The first kappa shape index (κ1) is 13.0. The van der Waals surface area contributed by atoms with E-state index in [-0.39, 0.29) is 18.0 Å². The third-order valence-electron chi connectivity index (χ3n) is 4.26. The summed E-state index contributed by atoms with van der Waals surface area (Å²) in [5, 5.41) is 7.38. The number of nitrogens with zero attached hydrogens (tertiary/aromatic N) is 1. The summed E-state index contributed by atoms with van der Waals surface area (Å²) in [6.45, 7) is 0. The van der Waals surface area contributed by atoms with Gasteiger partial charge in [0.15, 0.2) is 0 Å². The fourth-order valence-corrected chi connectivity index (χ4v) is 4.01. The van der Waals surface area contributed by atoms with Gasteiger partial charge in [0.2, 0.25) is 5.91 Å². The lowest BCUT2D eigenvalue weighted by molar-refractivity contribution is -0.121. The molecule has 2 saturated heterocycles. The van der Waals surface area contributed by atoms with E-state index >= 15 is 0 Å². The number of anilines is 1. The monoisotopic (exact) mass is 299 g/mol. The number of carbonyl (C=O) groups is 1. The van der Waals surface area contributed by atoms with Crippen molar-refractivity contribution in [1.29, 1.82) is 0 Å². The first-order valence-corrected chi connectivity index (χ1v) is 8.15. The molecule has 3 unspecified atom stereocenters. The van der Waals surface area contributed by atoms with Crippen molar-refractivity contribution in [2.45, 2.75) is 25.0 Å². The molecule has 108 valence electrons. The van der Waals surface area contributed by atoms with Gasteiger partial charge in [-0.25, -0.2) is 10.4 Å². The molecule has 3 atom stereocenters. The number of hydrogen-bond donors (Lipinski definition) is 2. The Hall–Kier alpha value is -1.69. The van der Waals surface area contributed by atoms with E-state index in [0.717, 1.165) is 18.5 Å². The van der Waals surface area contributed by atoms with E-state index in [9.17, 15) is 4.79 Å². The Labute approximate surface area is 127 Å². The highest BCUT2D eigenvalue weighted by Gasteiger charge is 2.44. The molecule has 4 nitrogen and oxygen atoms in total. The fraction of sp³-hybridized carbons (Fsp3) is 0.312. The summed E-state index contributed by atoms with van der Waals surface area (Å²) in [5.74, 6) is 0.199. The van der Waals surface area contributed by atoms with Gasteiger partial charge in [0.25, 0.3) is 0 Å². The minimum atomic E-state index is 0.0264. The molecule has 1 amide bonds. The number of benzene rings is 1. The topological polar surface area (TPSA) is 44.4 Å². The maximum Gasteiger partial charge on any atom is 0.247 e. The lowest BCUT2D eigenvalue weighted by atomic mass is 9.91. The number of fused-ring (bicyclic) bond motifs is 1. The lowest BCUT2D eigenvalue weighted by Crippen LogP contribution is -2.49. The Kier molecular flexibility index (Phi) is 3.25. The van der Waals surface area contributed by atoms with Gasteiger partial charge in [0.1, 0.15) is 0 Å². The van der Waals surface area contributed by atoms with Crippen LogP contribution in [0.5, 0.6) is 0 Å². The van der Waals surface area contributed by atoms with Crippen LogP contribution in [0.15, 0.2) is 47.8 Å². The molecule has 2 aliphatic heterocycles. The van der Waals surface area contributed by atoms with Crippen LogP contribution in [0.4, 0.5) is 5.69 Å². The van der Waals surface area contributed by atoms with Crippen molar-refractivity contribution in [1.82, 2.24) is 10.7 Å². The minimum Gasteiger partial charge on any atom is -0.292 e. The summed E-state index contributed by atoms with van der Waals surface area (Å²) in [4.78, 5) is 13.9. The molecule has 2 N–H and O–H groups in total. The second-order valence-electron chi connectivity index (χ2n) is 5.53. The molecular formula is C16H17N3OS. The van der Waals surface area contributed by atoms with Crippen molar-refractivity contribution in [3.05, 3.63) is 52.7 Å². The molecule has 2 fully saturated rings. The van der Waals surface area contributed by atoms with E-state index in [1.165, 1.54) is 4.88 Å². The molecule has 3 heterocycles. The van der Waals surface area contributed by atoms with Gasteiger partial charge in [0.05, 0.1) is 17.8 Å². The molecule has 2 aliphatic rings. The van der Waals surface area contributed by atoms with E-state index in [4.69, 9.17) is 0 Å². The van der Waals surface area contributed by atoms with Crippen LogP contribution in [-0.2, 0) is 4.79 Å². The molecule has 0 bridgehead atoms. The summed E-state index contributed by atoms with van der Waals surface area (Å²) < 4.78 is 0. The van der Waals surface area contributed by atoms with Gasteiger partial charge in [-0.2, -0.15) is 0 Å². The average Bonchev–Trinajstić information content (AvgIpc) is 3.16. The molecule has 0 spiro atoms. The number of carbonyl (C=O) groups excluding carboxylic acids is 1. The van der Waals surface area contributed by atoms with E-state index in [1.54, 1.807) is 16.3 Å². The van der Waals surface area contributed by atoms with E-state index in [0.29, 0.717) is 6.04 Å². The maximum absolute atomic E-state index is 12.6. The molecule has 0 aliphatic carbocycles. The highest BCUT2D eigenvalue weighted by atomic mass is 32.1. The third kappa shape index (κ3) is 2.27. The quantitative estimate of drug-likeness (QED) is 0.896. The number of thiophene rings is 1. The molecule has 0 radical (unpaired) electrons. The number of para-hydroxylation sites is 1. The van der Waals surface area contributed by atoms with Gasteiger partial charge in [-0.1, -0.05) is 24.3 Å². The largest absolute Gasteiger partial charge is 0.292 e. The van der Waals surface area contributed by atoms with Crippen molar-refractivity contribution < 1.29 is 4.79 Å². The second-order valence-corrected chi connectivity index (χ2v) is 6.51. The summed E-state index contributed by atoms with van der Waals surface area (Å²) in [6.07, 6.45) is 1.96. The van der Waals surface area contributed by atoms with Gasteiger partial charge < -0.3 is 0 Å². The van der Waals surface area contributed by atoms with Crippen LogP contribution in [0.2, 0.25) is 0 Å².